The van der Waals surface area contributed by atoms with Gasteiger partial charge in [-0.2, -0.15) is 5.06 Å². The van der Waals surface area contributed by atoms with E-state index < -0.39 is 34.8 Å². The standard InChI is InChI=1S/C37H52N4O9/c1-28(20-16-13-14-17-21-30-24-38-27-48-30)32(43)35(3,4)33(44)39-23-19-15-11-9-10-12-18-22-31(42)41(46)37(26-49-36(5,6)50-37)34(45)40(7)25-29(2)47-8/h9-20,22,24,27,29,32,43,46H,21,23,25-26H2,1-8H3,(H,39,44)/b11-9+,12-10+,16-13-,17-14+,19-15-,22-18+,28-20-. The van der Waals surface area contributed by atoms with E-state index in [-0.39, 0.29) is 36.8 Å². The number of carbonyl (C=O) groups is 3. The molecule has 1 saturated heterocycles. The largest absolute Gasteiger partial charge is 0.448 e. The van der Waals surface area contributed by atoms with Gasteiger partial charge in [0.05, 0.1) is 23.8 Å². The fraction of sp³-hybridized carbons (Fsp3) is 0.459. The van der Waals surface area contributed by atoms with E-state index in [0.29, 0.717) is 12.0 Å². The van der Waals surface area contributed by atoms with Crippen LogP contribution < -0.4 is 5.32 Å². The summed E-state index contributed by atoms with van der Waals surface area (Å²) in [4.78, 5) is 44.1. The van der Waals surface area contributed by atoms with Crippen molar-refractivity contribution in [1.29, 1.82) is 0 Å². The van der Waals surface area contributed by atoms with Crippen LogP contribution in [-0.2, 0) is 35.0 Å². The minimum atomic E-state index is -2.06. The number of amides is 3. The van der Waals surface area contributed by atoms with E-state index in [1.807, 2.05) is 18.2 Å². The molecule has 274 valence electrons. The summed E-state index contributed by atoms with van der Waals surface area (Å²) < 4.78 is 21.7. The Morgan fingerprint density at radius 3 is 2.34 bits per heavy atom. The number of hydrogen-bond donors (Lipinski definition) is 3. The SMILES string of the molecule is COC(C)CN(C)C(=O)C1(N(O)C(=O)/C=C/C=C/C=C/C=C\CNC(=O)C(C)(C)C(O)\C(C)=C/C=C\C=C\Cc2cnco2)COC(C)(C)O1. The van der Waals surface area contributed by atoms with Crippen molar-refractivity contribution in [2.24, 2.45) is 5.41 Å². The number of ether oxygens (including phenoxy) is 3. The maximum atomic E-state index is 13.3. The number of hydroxylamine groups is 2. The van der Waals surface area contributed by atoms with Gasteiger partial charge in [-0.15, -0.1) is 0 Å². The molecule has 1 aliphatic heterocycles. The number of likely N-dealkylation sites (N-methyl/N-ethyl adjacent to an activating group) is 1. The highest BCUT2D eigenvalue weighted by Crippen LogP contribution is 2.35. The molecule has 0 bridgehead atoms. The van der Waals surface area contributed by atoms with Gasteiger partial charge in [0.15, 0.2) is 12.2 Å². The Morgan fingerprint density at radius 2 is 1.72 bits per heavy atom. The van der Waals surface area contributed by atoms with Gasteiger partial charge in [-0.1, -0.05) is 72.9 Å². The molecule has 3 unspecified atom stereocenters. The second-order valence-electron chi connectivity index (χ2n) is 12.7. The van der Waals surface area contributed by atoms with E-state index in [2.05, 4.69) is 10.3 Å². The Balaban J connectivity index is 1.84. The second kappa shape index (κ2) is 19.7. The molecule has 50 heavy (non-hydrogen) atoms. The Kier molecular flexibility index (Phi) is 16.5. The molecule has 1 aromatic rings. The summed E-state index contributed by atoms with van der Waals surface area (Å²) in [6.45, 7) is 10.2. The highest BCUT2D eigenvalue weighted by molar-refractivity contribution is 5.94. The number of allylic oxidation sites excluding steroid dienone is 11. The molecule has 0 radical (unpaired) electrons. The zero-order valence-electron chi connectivity index (χ0n) is 30.2. The molecule has 13 heteroatoms. The first-order chi connectivity index (χ1) is 23.6. The van der Waals surface area contributed by atoms with Crippen molar-refractivity contribution in [2.75, 3.05) is 33.9 Å². The number of oxazole rings is 1. The maximum Gasteiger partial charge on any atom is 0.280 e. The van der Waals surface area contributed by atoms with Crippen LogP contribution in [0.15, 0.2) is 102 Å². The normalized spacial score (nSPS) is 19.8. The molecule has 0 spiro atoms. The molecule has 0 saturated carbocycles. The van der Waals surface area contributed by atoms with Gasteiger partial charge in [0.25, 0.3) is 17.5 Å². The zero-order chi connectivity index (χ0) is 37.4. The minimum absolute atomic E-state index is 0.206. The van der Waals surface area contributed by atoms with Crippen molar-refractivity contribution in [3.63, 3.8) is 0 Å². The third kappa shape index (κ3) is 12.5. The van der Waals surface area contributed by atoms with Gasteiger partial charge in [0.1, 0.15) is 12.4 Å². The molecule has 2 heterocycles. The first kappa shape index (κ1) is 41.8. The summed E-state index contributed by atoms with van der Waals surface area (Å²) in [5, 5.41) is 24.7. The summed E-state index contributed by atoms with van der Waals surface area (Å²) in [5.74, 6) is -2.27. The van der Waals surface area contributed by atoms with Gasteiger partial charge in [0, 0.05) is 39.7 Å². The molecule has 1 aliphatic rings. The second-order valence-corrected chi connectivity index (χ2v) is 12.7. The van der Waals surface area contributed by atoms with Gasteiger partial charge in [0.2, 0.25) is 5.91 Å². The van der Waals surface area contributed by atoms with Crippen LogP contribution >= 0.6 is 0 Å². The lowest BCUT2D eigenvalue weighted by molar-refractivity contribution is -0.268. The number of rotatable bonds is 18. The number of hydrogen-bond acceptors (Lipinski definition) is 10. The van der Waals surface area contributed by atoms with E-state index >= 15 is 0 Å². The van der Waals surface area contributed by atoms with Crippen molar-refractivity contribution >= 4 is 17.7 Å². The Hall–Kier alpha value is -4.40. The number of aliphatic hydroxyl groups excluding tert-OH is 1. The van der Waals surface area contributed by atoms with Gasteiger partial charge < -0.3 is 34.0 Å². The van der Waals surface area contributed by atoms with Crippen molar-refractivity contribution in [3.05, 3.63) is 103 Å². The maximum absolute atomic E-state index is 13.3. The third-order valence-corrected chi connectivity index (χ3v) is 7.73. The monoisotopic (exact) mass is 696 g/mol. The highest BCUT2D eigenvalue weighted by atomic mass is 16.8. The van der Waals surface area contributed by atoms with E-state index in [0.717, 1.165) is 11.8 Å². The smallest absolute Gasteiger partial charge is 0.280 e. The molecular formula is C37H52N4O9. The van der Waals surface area contributed by atoms with E-state index in [4.69, 9.17) is 18.6 Å². The molecular weight excluding hydrogens is 644 g/mol. The fourth-order valence-corrected chi connectivity index (χ4v) is 4.71. The van der Waals surface area contributed by atoms with Gasteiger partial charge in [-0.3, -0.25) is 19.6 Å². The zero-order valence-corrected chi connectivity index (χ0v) is 30.2. The molecule has 3 amide bonds. The molecule has 0 aliphatic carbocycles. The molecule has 13 nitrogen and oxygen atoms in total. The number of nitrogens with zero attached hydrogens (tertiary/aromatic N) is 3. The number of aromatic nitrogens is 1. The molecule has 0 aromatic carbocycles. The lowest BCUT2D eigenvalue weighted by Crippen LogP contribution is -2.62. The molecule has 1 aromatic heterocycles. The summed E-state index contributed by atoms with van der Waals surface area (Å²) in [6, 6.07) is 0. The predicted octanol–water partition coefficient (Wildman–Crippen LogP) is 4.19. The summed E-state index contributed by atoms with van der Waals surface area (Å²) in [6.07, 6.45) is 24.2. The highest BCUT2D eigenvalue weighted by Gasteiger charge is 2.58. The first-order valence-corrected chi connectivity index (χ1v) is 16.2. The fourth-order valence-electron chi connectivity index (χ4n) is 4.71. The average Bonchev–Trinajstić information content (AvgIpc) is 3.72. The van der Waals surface area contributed by atoms with Gasteiger partial charge in [-0.25, -0.2) is 4.98 Å². The Morgan fingerprint density at radius 1 is 1.08 bits per heavy atom. The van der Waals surface area contributed by atoms with Crippen molar-refractivity contribution in [2.45, 2.75) is 71.7 Å². The topological polar surface area (TPSA) is 164 Å². The van der Waals surface area contributed by atoms with Crippen molar-refractivity contribution < 1.29 is 43.3 Å². The van der Waals surface area contributed by atoms with Crippen LogP contribution in [0, 0.1) is 5.41 Å². The van der Waals surface area contributed by atoms with Crippen LogP contribution in [-0.4, -0.2) is 101 Å². The number of aliphatic hydroxyl groups is 1. The van der Waals surface area contributed by atoms with Crippen molar-refractivity contribution in [3.8, 4) is 0 Å². The van der Waals surface area contributed by atoms with Crippen LogP contribution in [0.1, 0.15) is 47.3 Å². The number of nitrogens with one attached hydrogen (secondary N) is 1. The quantitative estimate of drug-likeness (QED) is 0.0878. The first-order valence-electron chi connectivity index (χ1n) is 16.2. The summed E-state index contributed by atoms with van der Waals surface area (Å²) in [5.41, 5.74) is -2.47. The van der Waals surface area contributed by atoms with Crippen LogP contribution in [0.5, 0.6) is 0 Å². The third-order valence-electron chi connectivity index (χ3n) is 7.73. The van der Waals surface area contributed by atoms with Crippen LogP contribution in [0.25, 0.3) is 0 Å². The molecule has 3 atom stereocenters. The van der Waals surface area contributed by atoms with Crippen LogP contribution in [0.3, 0.4) is 0 Å². The Bertz CT molecular complexity index is 1470. The van der Waals surface area contributed by atoms with E-state index in [9.17, 15) is 24.7 Å². The lowest BCUT2D eigenvalue weighted by Gasteiger charge is -2.36. The van der Waals surface area contributed by atoms with Crippen LogP contribution in [0.2, 0.25) is 0 Å². The summed E-state index contributed by atoms with van der Waals surface area (Å²) >= 11 is 0. The average molecular weight is 697 g/mol. The van der Waals surface area contributed by atoms with Crippen molar-refractivity contribution in [1.82, 2.24) is 20.3 Å². The van der Waals surface area contributed by atoms with Crippen LogP contribution in [0.4, 0.5) is 0 Å². The van der Waals surface area contributed by atoms with Gasteiger partial charge >= 0.3 is 0 Å². The molecule has 1 fully saturated rings. The van der Waals surface area contributed by atoms with E-state index in [1.165, 1.54) is 31.5 Å². The summed E-state index contributed by atoms with van der Waals surface area (Å²) in [7, 11) is 3.04. The number of carbonyl (C=O) groups excluding carboxylic acids is 3. The van der Waals surface area contributed by atoms with Gasteiger partial charge in [-0.05, 0) is 47.1 Å². The Labute approximate surface area is 294 Å². The predicted molar refractivity (Wildman–Crippen MR) is 188 cm³/mol. The molecule has 2 rings (SSSR count). The molecule has 3 N–H and O–H groups in total. The minimum Gasteiger partial charge on any atom is -0.448 e. The number of methoxy groups -OCH3 is 1. The van der Waals surface area contributed by atoms with E-state index in [1.54, 1.807) is 96.3 Å². The lowest BCUT2D eigenvalue weighted by atomic mass is 9.81.